The van der Waals surface area contributed by atoms with Crippen molar-refractivity contribution in [3.63, 3.8) is 0 Å². The van der Waals surface area contributed by atoms with Crippen molar-refractivity contribution in [1.82, 2.24) is 0 Å². The molecule has 0 aromatic carbocycles. The van der Waals surface area contributed by atoms with Crippen LogP contribution in [0.5, 0.6) is 0 Å². The molecule has 0 aromatic rings. The Morgan fingerprint density at radius 1 is 0.571 bits per heavy atom. The van der Waals surface area contributed by atoms with Gasteiger partial charge in [0.25, 0.3) is 0 Å². The Kier molecular flexibility index (Phi) is 19.7. The Morgan fingerprint density at radius 2 is 0.762 bits per heavy atom. The number of phosphoric acid groups is 1. The van der Waals surface area contributed by atoms with Crippen molar-refractivity contribution in [2.75, 3.05) is 66.1 Å². The van der Waals surface area contributed by atoms with E-state index >= 15 is 0 Å². The largest absolute Gasteiger partial charge is 0.466 e. The van der Waals surface area contributed by atoms with Crippen molar-refractivity contribution in [3.05, 3.63) is 0 Å². The topological polar surface area (TPSA) is 155 Å². The monoisotopic (exact) mass is 336 g/mol. The first kappa shape index (κ1) is 23.1. The maximum absolute atomic E-state index is 8.88. The van der Waals surface area contributed by atoms with Crippen molar-refractivity contribution in [2.24, 2.45) is 0 Å². The fourth-order valence-electron chi connectivity index (χ4n) is 0.891. The van der Waals surface area contributed by atoms with E-state index < -0.39 is 7.82 Å². The van der Waals surface area contributed by atoms with E-state index in [1.54, 1.807) is 0 Å². The molecule has 0 spiro atoms. The first-order chi connectivity index (χ1) is 9.91. The molecule has 0 aliphatic carbocycles. The van der Waals surface area contributed by atoms with E-state index in [0.29, 0.717) is 52.9 Å². The molecule has 130 valence electrons. The van der Waals surface area contributed by atoms with E-state index in [-0.39, 0.29) is 13.2 Å². The molecule has 0 saturated heterocycles. The summed E-state index contributed by atoms with van der Waals surface area (Å²) in [7, 11) is -4.64. The van der Waals surface area contributed by atoms with Crippen molar-refractivity contribution in [3.8, 4) is 0 Å². The van der Waals surface area contributed by atoms with Crippen LogP contribution >= 0.6 is 7.82 Å². The number of rotatable bonds is 13. The molecule has 0 bridgehead atoms. The van der Waals surface area contributed by atoms with Gasteiger partial charge in [0, 0.05) is 0 Å². The molecule has 0 aliphatic heterocycles. The minimum atomic E-state index is -4.64. The normalized spacial score (nSPS) is 11.1. The SMILES string of the molecule is O=P(O)(O)O.OCCOCCOCCOCCOCCO. The van der Waals surface area contributed by atoms with Gasteiger partial charge >= 0.3 is 7.82 Å². The third kappa shape index (κ3) is 38.3. The molecular formula is C10H25O10P. The molecule has 11 heteroatoms. The standard InChI is InChI=1S/C10H22O6.H3O4P/c11-1-3-13-5-7-15-9-10-16-8-6-14-4-2-12;1-5(2,3)4/h11-12H,1-10H2;(H3,1,2,3,4). The van der Waals surface area contributed by atoms with Crippen molar-refractivity contribution in [2.45, 2.75) is 0 Å². The average Bonchev–Trinajstić information content (AvgIpc) is 2.38. The highest BCUT2D eigenvalue weighted by Crippen LogP contribution is 2.25. The Labute approximate surface area is 123 Å². The van der Waals surface area contributed by atoms with Gasteiger partial charge in [0.05, 0.1) is 66.1 Å². The highest BCUT2D eigenvalue weighted by molar-refractivity contribution is 7.45. The van der Waals surface area contributed by atoms with Gasteiger partial charge in [0.2, 0.25) is 0 Å². The molecule has 0 amide bonds. The molecule has 21 heavy (non-hydrogen) atoms. The lowest BCUT2D eigenvalue weighted by Gasteiger charge is -2.06. The highest BCUT2D eigenvalue weighted by Gasteiger charge is 2.00. The minimum Gasteiger partial charge on any atom is -0.394 e. The van der Waals surface area contributed by atoms with Crippen LogP contribution in [0.2, 0.25) is 0 Å². The third-order valence-corrected chi connectivity index (χ3v) is 1.59. The summed E-state index contributed by atoms with van der Waals surface area (Å²) >= 11 is 0. The van der Waals surface area contributed by atoms with Crippen LogP contribution in [0.4, 0.5) is 0 Å². The predicted molar refractivity (Wildman–Crippen MR) is 71.7 cm³/mol. The van der Waals surface area contributed by atoms with Crippen LogP contribution in [0.15, 0.2) is 0 Å². The molecule has 0 unspecified atom stereocenters. The second kappa shape index (κ2) is 17.9. The van der Waals surface area contributed by atoms with Crippen molar-refractivity contribution >= 4 is 7.82 Å². The maximum atomic E-state index is 8.88. The molecule has 0 saturated carbocycles. The van der Waals surface area contributed by atoms with Crippen molar-refractivity contribution < 1.29 is 48.4 Å². The van der Waals surface area contributed by atoms with Crippen LogP contribution in [0.3, 0.4) is 0 Å². The quantitative estimate of drug-likeness (QED) is 0.190. The van der Waals surface area contributed by atoms with E-state index in [1.807, 2.05) is 0 Å². The number of aliphatic hydroxyl groups is 2. The lowest BCUT2D eigenvalue weighted by Crippen LogP contribution is -2.13. The molecule has 0 rings (SSSR count). The Hall–Kier alpha value is -0.130. The lowest BCUT2D eigenvalue weighted by atomic mass is 10.7. The van der Waals surface area contributed by atoms with Crippen molar-refractivity contribution in [1.29, 1.82) is 0 Å². The lowest BCUT2D eigenvalue weighted by molar-refractivity contribution is -0.00856. The Balaban J connectivity index is 0. The van der Waals surface area contributed by atoms with Crippen LogP contribution in [0, 0.1) is 0 Å². The Morgan fingerprint density at radius 3 is 0.952 bits per heavy atom. The van der Waals surface area contributed by atoms with Crippen LogP contribution in [0.1, 0.15) is 0 Å². The van der Waals surface area contributed by atoms with Gasteiger partial charge in [-0.1, -0.05) is 0 Å². The van der Waals surface area contributed by atoms with E-state index in [2.05, 4.69) is 0 Å². The molecule has 10 nitrogen and oxygen atoms in total. The summed E-state index contributed by atoms with van der Waals surface area (Å²) in [5.41, 5.74) is 0. The molecule has 0 fully saturated rings. The van der Waals surface area contributed by atoms with Crippen LogP contribution in [0.25, 0.3) is 0 Å². The first-order valence-corrected chi connectivity index (χ1v) is 7.79. The molecule has 5 N–H and O–H groups in total. The zero-order valence-electron chi connectivity index (χ0n) is 11.8. The molecule has 0 radical (unpaired) electrons. The summed E-state index contributed by atoms with van der Waals surface area (Å²) in [6.45, 7) is 3.79. The summed E-state index contributed by atoms with van der Waals surface area (Å²) in [6, 6.07) is 0. The van der Waals surface area contributed by atoms with E-state index in [4.69, 9.17) is 48.4 Å². The number of hydrogen-bond donors (Lipinski definition) is 5. The molecule has 0 aromatic heterocycles. The van der Waals surface area contributed by atoms with Crippen LogP contribution < -0.4 is 0 Å². The molecule has 0 heterocycles. The summed E-state index contributed by atoms with van der Waals surface area (Å²) in [6.07, 6.45) is 0. The predicted octanol–water partition coefficient (Wildman–Crippen LogP) is -1.89. The van der Waals surface area contributed by atoms with Gasteiger partial charge in [0.15, 0.2) is 0 Å². The van der Waals surface area contributed by atoms with Gasteiger partial charge < -0.3 is 43.8 Å². The Bertz CT molecular complexity index is 212. The number of hydrogen-bond acceptors (Lipinski definition) is 7. The summed E-state index contributed by atoms with van der Waals surface area (Å²) < 4.78 is 29.3. The smallest absolute Gasteiger partial charge is 0.394 e. The summed E-state index contributed by atoms with van der Waals surface area (Å²) in [5.74, 6) is 0. The zero-order valence-corrected chi connectivity index (χ0v) is 12.7. The number of aliphatic hydroxyl groups excluding tert-OH is 2. The van der Waals surface area contributed by atoms with Crippen LogP contribution in [-0.4, -0.2) is 91.0 Å². The summed E-state index contributed by atoms with van der Waals surface area (Å²) in [5, 5.41) is 16.8. The van der Waals surface area contributed by atoms with Crippen LogP contribution in [-0.2, 0) is 23.5 Å². The van der Waals surface area contributed by atoms with Gasteiger partial charge in [-0.15, -0.1) is 0 Å². The van der Waals surface area contributed by atoms with Gasteiger partial charge in [0.1, 0.15) is 0 Å². The van der Waals surface area contributed by atoms with Gasteiger partial charge in [-0.05, 0) is 0 Å². The van der Waals surface area contributed by atoms with Gasteiger partial charge in [-0.2, -0.15) is 0 Å². The van der Waals surface area contributed by atoms with E-state index in [9.17, 15) is 0 Å². The molecular weight excluding hydrogens is 311 g/mol. The second-order valence-corrected chi connectivity index (χ2v) is 4.44. The second-order valence-electron chi connectivity index (χ2n) is 3.41. The zero-order chi connectivity index (χ0) is 16.4. The first-order valence-electron chi connectivity index (χ1n) is 6.22. The third-order valence-electron chi connectivity index (χ3n) is 1.59. The van der Waals surface area contributed by atoms with E-state index in [1.165, 1.54) is 0 Å². The molecule has 0 aliphatic rings. The van der Waals surface area contributed by atoms with E-state index in [0.717, 1.165) is 0 Å². The highest BCUT2D eigenvalue weighted by atomic mass is 31.2. The molecule has 0 atom stereocenters. The van der Waals surface area contributed by atoms with Gasteiger partial charge in [-0.3, -0.25) is 0 Å². The average molecular weight is 336 g/mol. The number of ether oxygens (including phenoxy) is 4. The fourth-order valence-corrected chi connectivity index (χ4v) is 0.891. The van der Waals surface area contributed by atoms with Gasteiger partial charge in [-0.25, -0.2) is 4.57 Å². The maximum Gasteiger partial charge on any atom is 0.466 e. The minimum absolute atomic E-state index is 0.0386. The fraction of sp³-hybridized carbons (Fsp3) is 1.00. The summed E-state index contributed by atoms with van der Waals surface area (Å²) in [4.78, 5) is 21.6.